The lowest BCUT2D eigenvalue weighted by molar-refractivity contribution is 0.0948. The van der Waals surface area contributed by atoms with E-state index in [-0.39, 0.29) is 12.0 Å². The molecule has 1 unspecified atom stereocenters. The number of benzene rings is 1. The molecule has 3 nitrogen and oxygen atoms in total. The molecule has 4 heteroatoms. The van der Waals surface area contributed by atoms with Gasteiger partial charge in [0.2, 0.25) is 0 Å². The van der Waals surface area contributed by atoms with Gasteiger partial charge in [0.25, 0.3) is 5.91 Å². The molecule has 1 aromatic rings. The number of hydrogen-bond acceptors (Lipinski definition) is 2. The van der Waals surface area contributed by atoms with E-state index in [4.69, 9.17) is 5.11 Å². The van der Waals surface area contributed by atoms with Crippen molar-refractivity contribution < 1.29 is 9.90 Å². The van der Waals surface area contributed by atoms with Gasteiger partial charge in [0.1, 0.15) is 0 Å². The Bertz CT molecular complexity index is 391. The summed E-state index contributed by atoms with van der Waals surface area (Å²) in [6.45, 7) is 4.35. The molecule has 1 aromatic carbocycles. The second kappa shape index (κ2) is 6.96. The highest BCUT2D eigenvalue weighted by Crippen LogP contribution is 2.16. The molecule has 0 spiro atoms. The smallest absolute Gasteiger partial charge is 0.252 e. The fraction of sp³-hybridized carbons (Fsp3) is 0.462. The van der Waals surface area contributed by atoms with Crippen molar-refractivity contribution in [3.05, 3.63) is 32.9 Å². The Labute approximate surface area is 116 Å². The lowest BCUT2D eigenvalue weighted by Crippen LogP contribution is -2.26. The SMILES string of the molecule is Cc1cccc(C(=O)NCCCC(C)O)c1I. The molecule has 0 aliphatic rings. The molecular weight excluding hydrogens is 329 g/mol. The number of nitrogens with one attached hydrogen (secondary N) is 1. The first-order valence-electron chi connectivity index (χ1n) is 5.73. The highest BCUT2D eigenvalue weighted by molar-refractivity contribution is 14.1. The van der Waals surface area contributed by atoms with Gasteiger partial charge in [-0.2, -0.15) is 0 Å². The zero-order valence-corrected chi connectivity index (χ0v) is 12.3. The van der Waals surface area contributed by atoms with Crippen molar-refractivity contribution in [3.63, 3.8) is 0 Å². The van der Waals surface area contributed by atoms with E-state index in [1.165, 1.54) is 0 Å². The average molecular weight is 347 g/mol. The summed E-state index contributed by atoms with van der Waals surface area (Å²) in [5, 5.41) is 12.0. The van der Waals surface area contributed by atoms with Crippen LogP contribution < -0.4 is 5.32 Å². The van der Waals surface area contributed by atoms with Crippen LogP contribution in [0.25, 0.3) is 0 Å². The standard InChI is InChI=1S/C13H18INO2/c1-9-5-3-7-11(12(9)14)13(17)15-8-4-6-10(2)16/h3,5,7,10,16H,4,6,8H2,1-2H3,(H,15,17). The van der Waals surface area contributed by atoms with Gasteiger partial charge in [-0.15, -0.1) is 0 Å². The van der Waals surface area contributed by atoms with Gasteiger partial charge in [0, 0.05) is 10.1 Å². The van der Waals surface area contributed by atoms with Crippen molar-refractivity contribution in [1.29, 1.82) is 0 Å². The van der Waals surface area contributed by atoms with Crippen LogP contribution in [0.4, 0.5) is 0 Å². The predicted molar refractivity (Wildman–Crippen MR) is 77.1 cm³/mol. The molecule has 0 saturated carbocycles. The molecule has 0 saturated heterocycles. The maximum Gasteiger partial charge on any atom is 0.252 e. The quantitative estimate of drug-likeness (QED) is 0.635. The second-order valence-electron chi connectivity index (χ2n) is 4.18. The minimum atomic E-state index is -0.300. The highest BCUT2D eigenvalue weighted by atomic mass is 127. The lowest BCUT2D eigenvalue weighted by atomic mass is 10.1. The summed E-state index contributed by atoms with van der Waals surface area (Å²) >= 11 is 2.19. The molecule has 94 valence electrons. The number of aliphatic hydroxyl groups excluding tert-OH is 1. The van der Waals surface area contributed by atoms with Gasteiger partial charge in [-0.25, -0.2) is 0 Å². The van der Waals surface area contributed by atoms with Crippen LogP contribution in [0.2, 0.25) is 0 Å². The van der Waals surface area contributed by atoms with Crippen molar-refractivity contribution in [2.45, 2.75) is 32.8 Å². The van der Waals surface area contributed by atoms with Crippen molar-refractivity contribution in [2.24, 2.45) is 0 Å². The van der Waals surface area contributed by atoms with Crippen LogP contribution in [-0.2, 0) is 0 Å². The van der Waals surface area contributed by atoms with Gasteiger partial charge in [0.15, 0.2) is 0 Å². The van der Waals surface area contributed by atoms with Crippen LogP contribution in [0.3, 0.4) is 0 Å². The Morgan fingerprint density at radius 2 is 2.24 bits per heavy atom. The third-order valence-corrected chi connectivity index (χ3v) is 3.95. The summed E-state index contributed by atoms with van der Waals surface area (Å²) in [6.07, 6.45) is 1.21. The first kappa shape index (κ1) is 14.4. The molecule has 0 aliphatic heterocycles. The van der Waals surface area contributed by atoms with Crippen LogP contribution in [0.1, 0.15) is 35.7 Å². The van der Waals surface area contributed by atoms with Gasteiger partial charge in [0.05, 0.1) is 11.7 Å². The van der Waals surface area contributed by atoms with E-state index >= 15 is 0 Å². The number of carbonyl (C=O) groups is 1. The van der Waals surface area contributed by atoms with E-state index in [0.29, 0.717) is 13.0 Å². The zero-order chi connectivity index (χ0) is 12.8. The zero-order valence-electron chi connectivity index (χ0n) is 10.2. The molecule has 2 N–H and O–H groups in total. The van der Waals surface area contributed by atoms with E-state index in [2.05, 4.69) is 27.9 Å². The van der Waals surface area contributed by atoms with E-state index in [9.17, 15) is 4.79 Å². The highest BCUT2D eigenvalue weighted by Gasteiger charge is 2.10. The van der Waals surface area contributed by atoms with Crippen LogP contribution in [0.5, 0.6) is 0 Å². The molecule has 0 bridgehead atoms. The minimum Gasteiger partial charge on any atom is -0.393 e. The Hall–Kier alpha value is -0.620. The third-order valence-electron chi connectivity index (χ3n) is 2.52. The number of halogens is 1. The number of aliphatic hydroxyl groups is 1. The van der Waals surface area contributed by atoms with Gasteiger partial charge in [-0.05, 0) is 60.9 Å². The van der Waals surface area contributed by atoms with Crippen molar-refractivity contribution >= 4 is 28.5 Å². The maximum absolute atomic E-state index is 11.9. The van der Waals surface area contributed by atoms with E-state index in [1.54, 1.807) is 6.92 Å². The molecule has 1 atom stereocenters. The average Bonchev–Trinajstić information content (AvgIpc) is 2.27. The Morgan fingerprint density at radius 1 is 1.53 bits per heavy atom. The Balaban J connectivity index is 2.50. The normalized spacial score (nSPS) is 12.2. The fourth-order valence-corrected chi connectivity index (χ4v) is 2.12. The first-order valence-corrected chi connectivity index (χ1v) is 6.81. The second-order valence-corrected chi connectivity index (χ2v) is 5.26. The lowest BCUT2D eigenvalue weighted by Gasteiger charge is -2.09. The van der Waals surface area contributed by atoms with Crippen molar-refractivity contribution in [3.8, 4) is 0 Å². The van der Waals surface area contributed by atoms with Gasteiger partial charge >= 0.3 is 0 Å². The molecule has 17 heavy (non-hydrogen) atoms. The summed E-state index contributed by atoms with van der Waals surface area (Å²) in [5.74, 6) is -0.0382. The number of rotatable bonds is 5. The van der Waals surface area contributed by atoms with E-state index in [0.717, 1.165) is 21.1 Å². The van der Waals surface area contributed by atoms with E-state index < -0.39 is 0 Å². The molecule has 1 rings (SSSR count). The van der Waals surface area contributed by atoms with Gasteiger partial charge in [-0.3, -0.25) is 4.79 Å². The first-order chi connectivity index (χ1) is 8.02. The fourth-order valence-electron chi connectivity index (χ4n) is 1.52. The van der Waals surface area contributed by atoms with Crippen LogP contribution >= 0.6 is 22.6 Å². The van der Waals surface area contributed by atoms with Crippen LogP contribution in [0.15, 0.2) is 18.2 Å². The summed E-state index contributed by atoms with van der Waals surface area (Å²) in [7, 11) is 0. The molecular formula is C13H18INO2. The summed E-state index contributed by atoms with van der Waals surface area (Å²) < 4.78 is 0.998. The van der Waals surface area contributed by atoms with E-state index in [1.807, 2.05) is 25.1 Å². The third kappa shape index (κ3) is 4.63. The number of amides is 1. The summed E-state index contributed by atoms with van der Waals surface area (Å²) in [4.78, 5) is 11.9. The Kier molecular flexibility index (Phi) is 5.91. The van der Waals surface area contributed by atoms with Crippen LogP contribution in [0, 0.1) is 10.5 Å². The Morgan fingerprint density at radius 3 is 2.88 bits per heavy atom. The summed E-state index contributed by atoms with van der Waals surface area (Å²) in [5.41, 5.74) is 1.84. The van der Waals surface area contributed by atoms with Crippen molar-refractivity contribution in [1.82, 2.24) is 5.32 Å². The molecule has 0 radical (unpaired) electrons. The monoisotopic (exact) mass is 347 g/mol. The molecule has 0 heterocycles. The topological polar surface area (TPSA) is 49.3 Å². The predicted octanol–water partition coefficient (Wildman–Crippen LogP) is 2.49. The molecule has 0 aromatic heterocycles. The number of carbonyl (C=O) groups excluding carboxylic acids is 1. The molecule has 0 fully saturated rings. The largest absolute Gasteiger partial charge is 0.393 e. The molecule has 0 aliphatic carbocycles. The van der Waals surface area contributed by atoms with Gasteiger partial charge < -0.3 is 10.4 Å². The number of aryl methyl sites for hydroxylation is 1. The van der Waals surface area contributed by atoms with Crippen molar-refractivity contribution in [2.75, 3.05) is 6.54 Å². The molecule has 1 amide bonds. The summed E-state index contributed by atoms with van der Waals surface area (Å²) in [6, 6.07) is 5.72. The number of hydrogen-bond donors (Lipinski definition) is 2. The van der Waals surface area contributed by atoms with Crippen LogP contribution in [-0.4, -0.2) is 23.7 Å². The van der Waals surface area contributed by atoms with Gasteiger partial charge in [-0.1, -0.05) is 12.1 Å². The maximum atomic E-state index is 11.9. The minimum absolute atomic E-state index is 0.0382.